The number of hydrogen-bond donors (Lipinski definition) is 2. The summed E-state index contributed by atoms with van der Waals surface area (Å²) in [6, 6.07) is 12.3. The molecule has 0 unspecified atom stereocenters. The highest BCUT2D eigenvalue weighted by molar-refractivity contribution is 7.11. The topological polar surface area (TPSA) is 49.9 Å². The average molecular weight is 313 g/mol. The van der Waals surface area contributed by atoms with E-state index in [0.29, 0.717) is 0 Å². The van der Waals surface area contributed by atoms with E-state index in [1.165, 1.54) is 15.3 Å². The Morgan fingerprint density at radius 2 is 1.95 bits per heavy atom. The van der Waals surface area contributed by atoms with Gasteiger partial charge in [0, 0.05) is 34.0 Å². The van der Waals surface area contributed by atoms with Crippen LogP contribution in [0.1, 0.15) is 15.3 Å². The molecule has 0 saturated heterocycles. The first kappa shape index (κ1) is 14.8. The van der Waals surface area contributed by atoms with Crippen LogP contribution in [-0.4, -0.2) is 17.3 Å². The number of benzene rings is 1. The van der Waals surface area contributed by atoms with Crippen molar-refractivity contribution in [3.05, 3.63) is 57.9 Å². The lowest BCUT2D eigenvalue weighted by molar-refractivity contribution is 0.415. The maximum absolute atomic E-state index is 5.20. The van der Waals surface area contributed by atoms with Crippen molar-refractivity contribution in [1.82, 2.24) is 15.5 Å². The van der Waals surface area contributed by atoms with Gasteiger partial charge in [-0.25, -0.2) is 0 Å². The fourth-order valence-electron chi connectivity index (χ4n) is 2.35. The van der Waals surface area contributed by atoms with Gasteiger partial charge in [0.05, 0.1) is 19.0 Å². The average Bonchev–Trinajstić information content (AvgIpc) is 3.17. The predicted octanol–water partition coefficient (Wildman–Crippen LogP) is 3.75. The third-order valence-electron chi connectivity index (χ3n) is 3.51. The van der Waals surface area contributed by atoms with E-state index in [1.54, 1.807) is 7.11 Å². The summed E-state index contributed by atoms with van der Waals surface area (Å²) < 4.78 is 5.20. The number of nitrogens with one attached hydrogen (secondary N) is 2. The van der Waals surface area contributed by atoms with Crippen LogP contribution in [0.15, 0.2) is 42.6 Å². The van der Waals surface area contributed by atoms with Gasteiger partial charge in [0.15, 0.2) is 0 Å². The second-order valence-electron chi connectivity index (χ2n) is 5.11. The van der Waals surface area contributed by atoms with Gasteiger partial charge in [0.2, 0.25) is 0 Å². The van der Waals surface area contributed by atoms with Crippen molar-refractivity contribution >= 4 is 11.3 Å². The molecular weight excluding hydrogens is 294 g/mol. The molecular formula is C17H19N3OS. The second-order valence-corrected chi connectivity index (χ2v) is 6.49. The van der Waals surface area contributed by atoms with Crippen molar-refractivity contribution in [2.75, 3.05) is 7.11 Å². The van der Waals surface area contributed by atoms with E-state index in [1.807, 2.05) is 41.8 Å². The highest BCUT2D eigenvalue weighted by Crippen LogP contribution is 2.23. The van der Waals surface area contributed by atoms with Gasteiger partial charge in [-0.2, -0.15) is 5.10 Å². The van der Waals surface area contributed by atoms with Crippen LogP contribution < -0.4 is 10.1 Å². The molecule has 0 spiro atoms. The van der Waals surface area contributed by atoms with E-state index < -0.39 is 0 Å². The molecule has 3 rings (SSSR count). The summed E-state index contributed by atoms with van der Waals surface area (Å²) in [7, 11) is 1.67. The predicted molar refractivity (Wildman–Crippen MR) is 90.2 cm³/mol. The lowest BCUT2D eigenvalue weighted by Crippen LogP contribution is -2.11. The zero-order valence-corrected chi connectivity index (χ0v) is 13.5. The summed E-state index contributed by atoms with van der Waals surface area (Å²) in [5.74, 6) is 0.857. The second kappa shape index (κ2) is 6.77. The van der Waals surface area contributed by atoms with Crippen LogP contribution in [0.4, 0.5) is 0 Å². The van der Waals surface area contributed by atoms with Crippen LogP contribution >= 0.6 is 11.3 Å². The Bertz CT molecular complexity index is 730. The Kier molecular flexibility index (Phi) is 4.56. The van der Waals surface area contributed by atoms with Crippen molar-refractivity contribution < 1.29 is 4.74 Å². The number of ether oxygens (including phenoxy) is 1. The Labute approximate surface area is 134 Å². The number of aromatic nitrogens is 2. The third kappa shape index (κ3) is 3.37. The van der Waals surface area contributed by atoms with Gasteiger partial charge in [-0.3, -0.25) is 5.10 Å². The van der Waals surface area contributed by atoms with Gasteiger partial charge in [-0.15, -0.1) is 11.3 Å². The molecule has 0 aliphatic carbocycles. The molecule has 2 aromatic heterocycles. The van der Waals surface area contributed by atoms with Gasteiger partial charge >= 0.3 is 0 Å². The van der Waals surface area contributed by atoms with Crippen LogP contribution in [0, 0.1) is 6.92 Å². The molecule has 2 N–H and O–H groups in total. The van der Waals surface area contributed by atoms with E-state index in [4.69, 9.17) is 4.74 Å². The van der Waals surface area contributed by atoms with E-state index in [2.05, 4.69) is 34.6 Å². The molecule has 4 nitrogen and oxygen atoms in total. The fraction of sp³-hybridized carbons (Fsp3) is 0.235. The number of aryl methyl sites for hydroxylation is 1. The quantitative estimate of drug-likeness (QED) is 0.729. The molecule has 1 aromatic carbocycles. The number of aromatic amines is 1. The van der Waals surface area contributed by atoms with E-state index in [9.17, 15) is 0 Å². The molecule has 22 heavy (non-hydrogen) atoms. The molecule has 0 atom stereocenters. The van der Waals surface area contributed by atoms with Crippen molar-refractivity contribution in [2.24, 2.45) is 0 Å². The van der Waals surface area contributed by atoms with Crippen molar-refractivity contribution in [1.29, 1.82) is 0 Å². The fourth-order valence-corrected chi connectivity index (χ4v) is 3.21. The molecule has 0 aliphatic heterocycles. The van der Waals surface area contributed by atoms with Crippen LogP contribution in [0.2, 0.25) is 0 Å². The van der Waals surface area contributed by atoms with Crippen LogP contribution in [0.5, 0.6) is 5.75 Å². The summed E-state index contributed by atoms with van der Waals surface area (Å²) >= 11 is 1.83. The molecule has 0 fully saturated rings. The van der Waals surface area contributed by atoms with Gasteiger partial charge in [-0.05, 0) is 43.3 Å². The highest BCUT2D eigenvalue weighted by Gasteiger charge is 2.08. The first-order valence-corrected chi connectivity index (χ1v) is 8.00. The molecule has 114 valence electrons. The smallest absolute Gasteiger partial charge is 0.118 e. The van der Waals surface area contributed by atoms with Crippen LogP contribution in [0.25, 0.3) is 11.3 Å². The Balaban J connectivity index is 1.66. The van der Waals surface area contributed by atoms with Gasteiger partial charge in [0.25, 0.3) is 0 Å². The third-order valence-corrected chi connectivity index (χ3v) is 4.51. The van der Waals surface area contributed by atoms with E-state index in [0.717, 1.165) is 30.1 Å². The zero-order valence-electron chi connectivity index (χ0n) is 12.7. The SMILES string of the molecule is COc1ccc(-c2[nH]ncc2CNCc2ccc(C)s2)cc1. The van der Waals surface area contributed by atoms with Crippen LogP contribution in [-0.2, 0) is 13.1 Å². The maximum atomic E-state index is 5.20. The lowest BCUT2D eigenvalue weighted by Gasteiger charge is -2.06. The minimum atomic E-state index is 0.787. The minimum absolute atomic E-state index is 0.787. The molecule has 0 aliphatic rings. The molecule has 5 heteroatoms. The first-order chi connectivity index (χ1) is 10.8. The molecule has 0 amide bonds. The molecule has 0 bridgehead atoms. The Hall–Kier alpha value is -2.11. The van der Waals surface area contributed by atoms with Crippen LogP contribution in [0.3, 0.4) is 0 Å². The maximum Gasteiger partial charge on any atom is 0.118 e. The number of methoxy groups -OCH3 is 1. The summed E-state index contributed by atoms with van der Waals surface area (Å²) in [5.41, 5.74) is 3.33. The number of rotatable bonds is 6. The summed E-state index contributed by atoms with van der Waals surface area (Å²) in [5, 5.41) is 10.7. The normalized spacial score (nSPS) is 10.8. The first-order valence-electron chi connectivity index (χ1n) is 7.19. The molecule has 2 heterocycles. The summed E-state index contributed by atoms with van der Waals surface area (Å²) in [6.45, 7) is 3.80. The molecule has 0 saturated carbocycles. The molecule has 0 radical (unpaired) electrons. The number of hydrogen-bond acceptors (Lipinski definition) is 4. The number of H-pyrrole nitrogens is 1. The van der Waals surface area contributed by atoms with Crippen molar-refractivity contribution in [3.63, 3.8) is 0 Å². The summed E-state index contributed by atoms with van der Waals surface area (Å²) in [4.78, 5) is 2.70. The lowest BCUT2D eigenvalue weighted by atomic mass is 10.1. The molecule has 3 aromatic rings. The minimum Gasteiger partial charge on any atom is -0.497 e. The van der Waals surface area contributed by atoms with Crippen molar-refractivity contribution in [3.8, 4) is 17.0 Å². The summed E-state index contributed by atoms with van der Waals surface area (Å²) in [6.07, 6.45) is 1.88. The largest absolute Gasteiger partial charge is 0.497 e. The van der Waals surface area contributed by atoms with Gasteiger partial charge in [-0.1, -0.05) is 0 Å². The van der Waals surface area contributed by atoms with E-state index in [-0.39, 0.29) is 0 Å². The Morgan fingerprint density at radius 3 is 2.64 bits per heavy atom. The zero-order chi connectivity index (χ0) is 15.4. The monoisotopic (exact) mass is 313 g/mol. The standard InChI is InChI=1S/C17H19N3OS/c1-12-3-8-16(22-12)11-18-9-14-10-19-20-17(14)13-4-6-15(21-2)7-5-13/h3-8,10,18H,9,11H2,1-2H3,(H,19,20). The highest BCUT2D eigenvalue weighted by atomic mass is 32.1. The van der Waals surface area contributed by atoms with Gasteiger partial charge in [0.1, 0.15) is 5.75 Å². The van der Waals surface area contributed by atoms with Crippen molar-refractivity contribution in [2.45, 2.75) is 20.0 Å². The van der Waals surface area contributed by atoms with E-state index >= 15 is 0 Å². The number of thiophene rings is 1. The Morgan fingerprint density at radius 1 is 1.14 bits per heavy atom. The number of nitrogens with zero attached hydrogens (tertiary/aromatic N) is 1. The van der Waals surface area contributed by atoms with Gasteiger partial charge < -0.3 is 10.1 Å².